The van der Waals surface area contributed by atoms with E-state index in [0.29, 0.717) is 5.41 Å². The molecule has 0 amide bonds. The minimum Gasteiger partial charge on any atom is -0.327 e. The highest BCUT2D eigenvalue weighted by molar-refractivity contribution is 5.79. The van der Waals surface area contributed by atoms with Gasteiger partial charge in [0.2, 0.25) is 5.78 Å². The normalized spacial score (nSPS) is 36.6. The van der Waals surface area contributed by atoms with Gasteiger partial charge < -0.3 is 4.98 Å². The van der Waals surface area contributed by atoms with Gasteiger partial charge in [-0.05, 0) is 68.4 Å². The van der Waals surface area contributed by atoms with Gasteiger partial charge in [0.25, 0.3) is 0 Å². The molecule has 0 atom stereocenters. The number of hydrogen-bond donors (Lipinski definition) is 1. The molecule has 0 radical (unpaired) electrons. The van der Waals surface area contributed by atoms with E-state index in [1.807, 2.05) is 0 Å². The zero-order chi connectivity index (χ0) is 14.3. The lowest BCUT2D eigenvalue weighted by Gasteiger charge is -2.56. The van der Waals surface area contributed by atoms with E-state index >= 15 is 0 Å². The molecule has 0 spiro atoms. The number of H-pyrrole nitrogens is 1. The third-order valence-corrected chi connectivity index (χ3v) is 6.71. The Labute approximate surface area is 129 Å². The van der Waals surface area contributed by atoms with E-state index in [4.69, 9.17) is 4.98 Å². The second kappa shape index (κ2) is 3.76. The summed E-state index contributed by atoms with van der Waals surface area (Å²) in [5, 5.41) is 0. The molecule has 0 saturated heterocycles. The van der Waals surface area contributed by atoms with E-state index in [9.17, 15) is 0 Å². The number of nitrogens with zero attached hydrogens (tertiary/aromatic N) is 2. The van der Waals surface area contributed by atoms with Crippen molar-refractivity contribution in [1.82, 2.24) is 14.4 Å². The van der Waals surface area contributed by atoms with Crippen LogP contribution in [-0.4, -0.2) is 14.4 Å². The lowest BCUT2D eigenvalue weighted by Crippen LogP contribution is -2.48. The largest absolute Gasteiger partial charge is 0.327 e. The smallest absolute Gasteiger partial charge is 0.212 e. The average Bonchev–Trinajstić information content (AvgIpc) is 3.03. The minimum atomic E-state index is 0.427. The van der Waals surface area contributed by atoms with Gasteiger partial charge in [0.15, 0.2) is 0 Å². The maximum absolute atomic E-state index is 4.77. The summed E-state index contributed by atoms with van der Waals surface area (Å²) in [5.74, 6) is 3.97. The molecular formula is C19H21N3. The van der Waals surface area contributed by atoms with Crippen LogP contribution in [0.3, 0.4) is 0 Å². The van der Waals surface area contributed by atoms with E-state index in [-0.39, 0.29) is 0 Å². The molecule has 112 valence electrons. The highest BCUT2D eigenvalue weighted by Crippen LogP contribution is 2.60. The Morgan fingerprint density at radius 2 is 1.68 bits per heavy atom. The second-order valence-corrected chi connectivity index (χ2v) is 8.16. The summed E-state index contributed by atoms with van der Waals surface area (Å²) in [7, 11) is 0. The van der Waals surface area contributed by atoms with Crippen molar-refractivity contribution in [3.8, 4) is 0 Å². The predicted octanol–water partition coefficient (Wildman–Crippen LogP) is 4.28. The average molecular weight is 291 g/mol. The number of benzene rings is 1. The SMILES string of the molecule is c1ccc2c(c1)nc1[nH]c(C34CC5CC(CC(C5)C3)C4)cn12. The molecule has 22 heavy (non-hydrogen) atoms. The first-order chi connectivity index (χ1) is 10.8. The number of rotatable bonds is 1. The van der Waals surface area contributed by atoms with Crippen LogP contribution in [0.1, 0.15) is 44.2 Å². The van der Waals surface area contributed by atoms with E-state index in [0.717, 1.165) is 29.0 Å². The molecule has 3 heteroatoms. The summed E-state index contributed by atoms with van der Waals surface area (Å²) in [6.45, 7) is 0. The van der Waals surface area contributed by atoms with Crippen molar-refractivity contribution in [1.29, 1.82) is 0 Å². The number of imidazole rings is 2. The van der Waals surface area contributed by atoms with E-state index in [1.165, 1.54) is 49.7 Å². The number of nitrogens with one attached hydrogen (secondary N) is 1. The number of hydrogen-bond acceptors (Lipinski definition) is 1. The summed E-state index contributed by atoms with van der Waals surface area (Å²) in [6.07, 6.45) is 11.1. The summed E-state index contributed by atoms with van der Waals surface area (Å²) in [6, 6.07) is 8.44. The quantitative estimate of drug-likeness (QED) is 0.713. The van der Waals surface area contributed by atoms with Crippen LogP contribution >= 0.6 is 0 Å². The number of aromatic nitrogens is 3. The Morgan fingerprint density at radius 3 is 2.41 bits per heavy atom. The maximum atomic E-state index is 4.77. The zero-order valence-electron chi connectivity index (χ0n) is 12.8. The van der Waals surface area contributed by atoms with Crippen molar-refractivity contribution in [3.05, 3.63) is 36.2 Å². The topological polar surface area (TPSA) is 33.1 Å². The molecule has 4 fully saturated rings. The third-order valence-electron chi connectivity index (χ3n) is 6.71. The van der Waals surface area contributed by atoms with Gasteiger partial charge in [-0.25, -0.2) is 4.98 Å². The maximum Gasteiger partial charge on any atom is 0.212 e. The Bertz CT molecular complexity index is 849. The molecule has 3 nitrogen and oxygen atoms in total. The molecule has 0 aliphatic heterocycles. The van der Waals surface area contributed by atoms with Gasteiger partial charge in [-0.3, -0.25) is 4.40 Å². The summed E-state index contributed by atoms with van der Waals surface area (Å²) in [4.78, 5) is 8.46. The Kier molecular flexibility index (Phi) is 2.01. The van der Waals surface area contributed by atoms with Gasteiger partial charge in [-0.1, -0.05) is 12.1 Å². The van der Waals surface area contributed by atoms with Crippen molar-refractivity contribution in [2.75, 3.05) is 0 Å². The predicted molar refractivity (Wildman–Crippen MR) is 86.9 cm³/mol. The first kappa shape index (κ1) is 11.8. The number of aromatic amines is 1. The van der Waals surface area contributed by atoms with Gasteiger partial charge in [-0.2, -0.15) is 0 Å². The summed E-state index contributed by atoms with van der Waals surface area (Å²) >= 11 is 0. The van der Waals surface area contributed by atoms with Gasteiger partial charge in [-0.15, -0.1) is 0 Å². The second-order valence-electron chi connectivity index (χ2n) is 8.16. The fourth-order valence-corrected chi connectivity index (χ4v) is 6.26. The lowest BCUT2D eigenvalue weighted by molar-refractivity contribution is -0.00697. The van der Waals surface area contributed by atoms with Gasteiger partial charge in [0.1, 0.15) is 0 Å². The minimum absolute atomic E-state index is 0.427. The van der Waals surface area contributed by atoms with Crippen molar-refractivity contribution >= 4 is 16.8 Å². The Balaban J connectivity index is 1.53. The van der Waals surface area contributed by atoms with Crippen LogP contribution in [-0.2, 0) is 5.41 Å². The Morgan fingerprint density at radius 1 is 1.00 bits per heavy atom. The van der Waals surface area contributed by atoms with Crippen LogP contribution in [0, 0.1) is 17.8 Å². The summed E-state index contributed by atoms with van der Waals surface area (Å²) < 4.78 is 2.27. The molecule has 2 aromatic heterocycles. The van der Waals surface area contributed by atoms with Crippen LogP contribution in [0.15, 0.2) is 30.5 Å². The molecule has 3 aromatic rings. The number of para-hydroxylation sites is 2. The van der Waals surface area contributed by atoms with Gasteiger partial charge in [0, 0.05) is 17.3 Å². The third kappa shape index (κ3) is 1.40. The molecule has 4 saturated carbocycles. The van der Waals surface area contributed by atoms with Crippen LogP contribution in [0.4, 0.5) is 0 Å². The van der Waals surface area contributed by atoms with E-state index in [2.05, 4.69) is 39.8 Å². The van der Waals surface area contributed by atoms with Gasteiger partial charge >= 0.3 is 0 Å². The molecule has 1 aromatic carbocycles. The molecule has 4 bridgehead atoms. The summed E-state index contributed by atoms with van der Waals surface area (Å²) in [5.41, 5.74) is 4.20. The van der Waals surface area contributed by atoms with Crippen molar-refractivity contribution in [2.45, 2.75) is 43.9 Å². The van der Waals surface area contributed by atoms with Crippen LogP contribution in [0.2, 0.25) is 0 Å². The van der Waals surface area contributed by atoms with Crippen LogP contribution in [0.5, 0.6) is 0 Å². The molecular weight excluding hydrogens is 270 g/mol. The monoisotopic (exact) mass is 291 g/mol. The van der Waals surface area contributed by atoms with Crippen molar-refractivity contribution in [3.63, 3.8) is 0 Å². The van der Waals surface area contributed by atoms with Gasteiger partial charge in [0.05, 0.1) is 11.0 Å². The van der Waals surface area contributed by atoms with Crippen molar-refractivity contribution in [2.24, 2.45) is 17.8 Å². The fourth-order valence-electron chi connectivity index (χ4n) is 6.26. The molecule has 0 unspecified atom stereocenters. The highest BCUT2D eigenvalue weighted by atomic mass is 15.1. The lowest BCUT2D eigenvalue weighted by atomic mass is 9.49. The number of fused-ring (bicyclic) bond motifs is 3. The molecule has 1 N–H and O–H groups in total. The first-order valence-corrected chi connectivity index (χ1v) is 8.75. The zero-order valence-corrected chi connectivity index (χ0v) is 12.8. The molecule has 4 aliphatic rings. The molecule has 2 heterocycles. The van der Waals surface area contributed by atoms with Crippen LogP contribution < -0.4 is 0 Å². The molecule has 7 rings (SSSR count). The van der Waals surface area contributed by atoms with Crippen LogP contribution in [0.25, 0.3) is 16.8 Å². The first-order valence-electron chi connectivity index (χ1n) is 8.75. The van der Waals surface area contributed by atoms with E-state index < -0.39 is 0 Å². The van der Waals surface area contributed by atoms with E-state index in [1.54, 1.807) is 0 Å². The fraction of sp³-hybridized carbons (Fsp3) is 0.526. The highest BCUT2D eigenvalue weighted by Gasteiger charge is 2.52. The molecule has 4 aliphatic carbocycles. The Hall–Kier alpha value is -1.77. The van der Waals surface area contributed by atoms with Crippen molar-refractivity contribution < 1.29 is 0 Å². The standard InChI is InChI=1S/C19H21N3/c1-2-4-16-15(3-1)20-18-21-17(11-22(16)18)19-8-12-5-13(9-19)7-14(6-12)10-19/h1-4,11-14H,5-10H2,(H,20,21).